The van der Waals surface area contributed by atoms with Crippen LogP contribution in [0.4, 0.5) is 0 Å². The van der Waals surface area contributed by atoms with Crippen molar-refractivity contribution in [2.24, 2.45) is 17.8 Å². The van der Waals surface area contributed by atoms with E-state index >= 15 is 0 Å². The summed E-state index contributed by atoms with van der Waals surface area (Å²) in [7, 11) is 0. The Morgan fingerprint density at radius 3 is 2.25 bits per heavy atom. The van der Waals surface area contributed by atoms with E-state index in [1.54, 1.807) is 0 Å². The maximum atomic E-state index is 9.22. The molecular weight excluding hydrogens is 198 g/mol. The Balaban J connectivity index is 1.58. The first-order valence-corrected chi connectivity index (χ1v) is 7.06. The Morgan fingerprint density at radius 1 is 1.12 bits per heavy atom. The van der Waals surface area contributed by atoms with Gasteiger partial charge in [-0.05, 0) is 62.8 Å². The Morgan fingerprint density at radius 2 is 1.75 bits per heavy atom. The minimum atomic E-state index is 0.00322. The monoisotopic (exact) mass is 225 g/mol. The second-order valence-electron chi connectivity index (χ2n) is 6.26. The molecule has 2 saturated carbocycles. The van der Waals surface area contributed by atoms with Gasteiger partial charge in [0.05, 0.1) is 6.10 Å². The number of aliphatic hydroxyl groups excluding tert-OH is 1. The fourth-order valence-electron chi connectivity index (χ4n) is 3.19. The zero-order chi connectivity index (χ0) is 11.5. The average Bonchev–Trinajstić information content (AvgIpc) is 2.23. The summed E-state index contributed by atoms with van der Waals surface area (Å²) in [5.74, 6) is 2.57. The van der Waals surface area contributed by atoms with E-state index in [2.05, 4.69) is 19.2 Å². The number of aliphatic hydroxyl groups is 1. The van der Waals surface area contributed by atoms with E-state index in [0.29, 0.717) is 0 Å². The van der Waals surface area contributed by atoms with Crippen molar-refractivity contribution in [3.63, 3.8) is 0 Å². The van der Waals surface area contributed by atoms with Gasteiger partial charge in [-0.15, -0.1) is 0 Å². The van der Waals surface area contributed by atoms with E-state index in [9.17, 15) is 5.11 Å². The van der Waals surface area contributed by atoms with Crippen LogP contribution in [0.15, 0.2) is 0 Å². The molecule has 2 N–H and O–H groups in total. The van der Waals surface area contributed by atoms with Crippen LogP contribution in [0.25, 0.3) is 0 Å². The largest absolute Gasteiger partial charge is 0.393 e. The highest BCUT2D eigenvalue weighted by atomic mass is 16.3. The van der Waals surface area contributed by atoms with Crippen LogP contribution in [-0.2, 0) is 0 Å². The third kappa shape index (κ3) is 3.21. The molecule has 2 aliphatic rings. The molecule has 2 aliphatic carbocycles. The van der Waals surface area contributed by atoms with E-state index < -0.39 is 0 Å². The van der Waals surface area contributed by atoms with Gasteiger partial charge in [0.15, 0.2) is 0 Å². The molecule has 2 nitrogen and oxygen atoms in total. The summed E-state index contributed by atoms with van der Waals surface area (Å²) in [4.78, 5) is 0. The van der Waals surface area contributed by atoms with Gasteiger partial charge in [-0.3, -0.25) is 0 Å². The van der Waals surface area contributed by atoms with E-state index in [1.165, 1.54) is 25.7 Å². The normalized spacial score (nSPS) is 39.8. The molecule has 0 unspecified atom stereocenters. The summed E-state index contributed by atoms with van der Waals surface area (Å²) in [6, 6.07) is 0.757. The Hall–Kier alpha value is -0.0800. The van der Waals surface area contributed by atoms with Crippen LogP contribution in [0.5, 0.6) is 0 Å². The van der Waals surface area contributed by atoms with Crippen LogP contribution in [0, 0.1) is 17.8 Å². The second kappa shape index (κ2) is 5.50. The first-order valence-electron chi connectivity index (χ1n) is 7.06. The number of hydrogen-bond donors (Lipinski definition) is 2. The van der Waals surface area contributed by atoms with Crippen molar-refractivity contribution in [2.75, 3.05) is 6.54 Å². The molecule has 0 atom stereocenters. The van der Waals surface area contributed by atoms with Crippen molar-refractivity contribution < 1.29 is 5.11 Å². The van der Waals surface area contributed by atoms with Crippen LogP contribution < -0.4 is 5.32 Å². The molecule has 0 aromatic rings. The highest BCUT2D eigenvalue weighted by Gasteiger charge is 2.28. The van der Waals surface area contributed by atoms with E-state index in [-0.39, 0.29) is 6.10 Å². The molecule has 0 spiro atoms. The lowest BCUT2D eigenvalue weighted by molar-refractivity contribution is 0.0407. The average molecular weight is 225 g/mol. The molecule has 0 aromatic heterocycles. The SMILES string of the molecule is CC(C)C1CCC(NCC2CC(O)C2)CC1. The van der Waals surface area contributed by atoms with Crippen molar-refractivity contribution in [1.82, 2.24) is 5.32 Å². The zero-order valence-corrected chi connectivity index (χ0v) is 10.8. The highest BCUT2D eigenvalue weighted by molar-refractivity contribution is 4.83. The van der Waals surface area contributed by atoms with Gasteiger partial charge in [-0.25, -0.2) is 0 Å². The zero-order valence-electron chi connectivity index (χ0n) is 10.8. The summed E-state index contributed by atoms with van der Waals surface area (Å²) in [5, 5.41) is 12.9. The molecule has 0 heterocycles. The van der Waals surface area contributed by atoms with Crippen molar-refractivity contribution in [3.8, 4) is 0 Å². The predicted octanol–water partition coefficient (Wildman–Crippen LogP) is 2.56. The van der Waals surface area contributed by atoms with Gasteiger partial charge in [-0.1, -0.05) is 13.8 Å². The van der Waals surface area contributed by atoms with Crippen LogP contribution >= 0.6 is 0 Å². The molecule has 0 saturated heterocycles. The summed E-state index contributed by atoms with van der Waals surface area (Å²) in [6.45, 7) is 5.84. The maximum Gasteiger partial charge on any atom is 0.0546 e. The first-order chi connectivity index (χ1) is 7.65. The number of rotatable bonds is 4. The van der Waals surface area contributed by atoms with Crippen LogP contribution in [-0.4, -0.2) is 23.8 Å². The molecule has 2 fully saturated rings. The topological polar surface area (TPSA) is 32.3 Å². The van der Waals surface area contributed by atoms with Crippen molar-refractivity contribution in [1.29, 1.82) is 0 Å². The fourth-order valence-corrected chi connectivity index (χ4v) is 3.19. The van der Waals surface area contributed by atoms with Gasteiger partial charge in [-0.2, -0.15) is 0 Å². The minimum absolute atomic E-state index is 0.00322. The smallest absolute Gasteiger partial charge is 0.0546 e. The van der Waals surface area contributed by atoms with E-state index in [1.807, 2.05) is 0 Å². The lowest BCUT2D eigenvalue weighted by Crippen LogP contribution is -2.41. The lowest BCUT2D eigenvalue weighted by Gasteiger charge is -2.35. The van der Waals surface area contributed by atoms with E-state index in [4.69, 9.17) is 0 Å². The summed E-state index contributed by atoms with van der Waals surface area (Å²) < 4.78 is 0. The second-order valence-corrected chi connectivity index (χ2v) is 6.26. The molecular formula is C14H27NO. The van der Waals surface area contributed by atoms with Crippen LogP contribution in [0.3, 0.4) is 0 Å². The third-order valence-electron chi connectivity index (χ3n) is 4.62. The molecule has 0 aromatic carbocycles. The maximum absolute atomic E-state index is 9.22. The van der Waals surface area contributed by atoms with Gasteiger partial charge < -0.3 is 10.4 Å². The van der Waals surface area contributed by atoms with Gasteiger partial charge in [0, 0.05) is 6.04 Å². The summed E-state index contributed by atoms with van der Waals surface area (Å²) in [5.41, 5.74) is 0. The summed E-state index contributed by atoms with van der Waals surface area (Å²) >= 11 is 0. The van der Waals surface area contributed by atoms with E-state index in [0.717, 1.165) is 43.2 Å². The van der Waals surface area contributed by atoms with Crippen LogP contribution in [0.1, 0.15) is 52.4 Å². The predicted molar refractivity (Wildman–Crippen MR) is 67.3 cm³/mol. The molecule has 2 heteroatoms. The quantitative estimate of drug-likeness (QED) is 0.770. The number of hydrogen-bond acceptors (Lipinski definition) is 2. The highest BCUT2D eigenvalue weighted by Crippen LogP contribution is 2.31. The Kier molecular flexibility index (Phi) is 4.26. The molecule has 0 radical (unpaired) electrons. The number of nitrogens with one attached hydrogen (secondary N) is 1. The fraction of sp³-hybridized carbons (Fsp3) is 1.00. The van der Waals surface area contributed by atoms with Crippen molar-refractivity contribution in [2.45, 2.75) is 64.5 Å². The van der Waals surface area contributed by atoms with Gasteiger partial charge in [0.25, 0.3) is 0 Å². The summed E-state index contributed by atoms with van der Waals surface area (Å²) in [6.07, 6.45) is 7.58. The standard InChI is InChI=1S/C14H27NO/c1-10(2)12-3-5-13(6-4-12)15-9-11-7-14(16)8-11/h10-16H,3-9H2,1-2H3. The molecule has 94 valence electrons. The Labute approximate surface area is 99.8 Å². The minimum Gasteiger partial charge on any atom is -0.393 e. The van der Waals surface area contributed by atoms with Crippen LogP contribution in [0.2, 0.25) is 0 Å². The lowest BCUT2D eigenvalue weighted by atomic mass is 9.79. The Bertz CT molecular complexity index is 203. The molecule has 0 bridgehead atoms. The van der Waals surface area contributed by atoms with Gasteiger partial charge in [0.1, 0.15) is 0 Å². The third-order valence-corrected chi connectivity index (χ3v) is 4.62. The first kappa shape index (κ1) is 12.4. The van der Waals surface area contributed by atoms with Crippen molar-refractivity contribution >= 4 is 0 Å². The van der Waals surface area contributed by atoms with Crippen molar-refractivity contribution in [3.05, 3.63) is 0 Å². The molecule has 0 amide bonds. The molecule has 2 rings (SSSR count). The van der Waals surface area contributed by atoms with Gasteiger partial charge in [0.2, 0.25) is 0 Å². The van der Waals surface area contributed by atoms with Gasteiger partial charge >= 0.3 is 0 Å². The molecule has 0 aliphatic heterocycles. The molecule has 16 heavy (non-hydrogen) atoms.